The molecule has 4 heteroatoms. The van der Waals surface area contributed by atoms with Crippen molar-refractivity contribution in [3.63, 3.8) is 0 Å². The highest BCUT2D eigenvalue weighted by atomic mass is 79.9. The Balaban J connectivity index is 2.08. The summed E-state index contributed by atoms with van der Waals surface area (Å²) >= 11 is 3.43. The van der Waals surface area contributed by atoms with Crippen LogP contribution in [0.25, 0.3) is 0 Å². The average molecular weight is 333 g/mol. The minimum absolute atomic E-state index is 0.0811. The van der Waals surface area contributed by atoms with Crippen LogP contribution in [-0.2, 0) is 6.54 Å². The van der Waals surface area contributed by atoms with E-state index in [-0.39, 0.29) is 5.91 Å². The van der Waals surface area contributed by atoms with Crippen molar-refractivity contribution in [2.75, 3.05) is 5.73 Å². The number of anilines is 1. The summed E-state index contributed by atoms with van der Waals surface area (Å²) in [5.41, 5.74) is 10.4. The van der Waals surface area contributed by atoms with Crippen molar-refractivity contribution in [2.45, 2.75) is 20.4 Å². The molecule has 2 rings (SSSR count). The van der Waals surface area contributed by atoms with Gasteiger partial charge in [0.2, 0.25) is 0 Å². The topological polar surface area (TPSA) is 55.1 Å². The van der Waals surface area contributed by atoms with Gasteiger partial charge in [-0.1, -0.05) is 28.1 Å². The lowest BCUT2D eigenvalue weighted by atomic mass is 10.1. The molecular weight excluding hydrogens is 316 g/mol. The summed E-state index contributed by atoms with van der Waals surface area (Å²) in [6.45, 7) is 4.40. The Morgan fingerprint density at radius 3 is 2.70 bits per heavy atom. The van der Waals surface area contributed by atoms with Crippen LogP contribution in [0.2, 0.25) is 0 Å². The zero-order chi connectivity index (χ0) is 14.7. The van der Waals surface area contributed by atoms with Gasteiger partial charge in [-0.05, 0) is 54.8 Å². The first-order chi connectivity index (χ1) is 9.49. The number of aryl methyl sites for hydroxylation is 1. The third-order valence-electron chi connectivity index (χ3n) is 3.35. The summed E-state index contributed by atoms with van der Waals surface area (Å²) in [7, 11) is 0. The van der Waals surface area contributed by atoms with Crippen molar-refractivity contribution >= 4 is 27.5 Å². The first-order valence-corrected chi connectivity index (χ1v) is 7.16. The van der Waals surface area contributed by atoms with Gasteiger partial charge in [-0.25, -0.2) is 0 Å². The summed E-state index contributed by atoms with van der Waals surface area (Å²) in [5, 5.41) is 2.92. The quantitative estimate of drug-likeness (QED) is 0.844. The van der Waals surface area contributed by atoms with E-state index in [9.17, 15) is 4.79 Å². The van der Waals surface area contributed by atoms with Gasteiger partial charge in [0.25, 0.3) is 5.91 Å². The summed E-state index contributed by atoms with van der Waals surface area (Å²) < 4.78 is 1.00. The van der Waals surface area contributed by atoms with Crippen molar-refractivity contribution < 1.29 is 4.79 Å². The van der Waals surface area contributed by atoms with Gasteiger partial charge >= 0.3 is 0 Å². The van der Waals surface area contributed by atoms with Crippen LogP contribution in [0.15, 0.2) is 40.9 Å². The Hall–Kier alpha value is -1.81. The summed E-state index contributed by atoms with van der Waals surface area (Å²) in [6, 6.07) is 11.3. The second-order valence-corrected chi connectivity index (χ2v) is 5.63. The summed E-state index contributed by atoms with van der Waals surface area (Å²) in [4.78, 5) is 12.1. The third-order valence-corrected chi connectivity index (χ3v) is 4.24. The number of rotatable bonds is 3. The molecule has 0 fully saturated rings. The summed E-state index contributed by atoms with van der Waals surface area (Å²) in [6.07, 6.45) is 0. The van der Waals surface area contributed by atoms with Crippen LogP contribution in [0, 0.1) is 13.8 Å². The molecule has 0 saturated carbocycles. The largest absolute Gasteiger partial charge is 0.399 e. The van der Waals surface area contributed by atoms with E-state index < -0.39 is 0 Å². The average Bonchev–Trinajstić information content (AvgIpc) is 2.43. The highest BCUT2D eigenvalue weighted by molar-refractivity contribution is 9.10. The second kappa shape index (κ2) is 6.09. The smallest absolute Gasteiger partial charge is 0.251 e. The molecule has 0 saturated heterocycles. The molecule has 0 atom stereocenters. The molecule has 2 aromatic rings. The van der Waals surface area contributed by atoms with Crippen LogP contribution in [0.1, 0.15) is 27.0 Å². The van der Waals surface area contributed by atoms with E-state index in [4.69, 9.17) is 5.73 Å². The van der Waals surface area contributed by atoms with Crippen LogP contribution >= 0.6 is 15.9 Å². The maximum atomic E-state index is 12.1. The van der Waals surface area contributed by atoms with E-state index in [0.29, 0.717) is 12.1 Å². The van der Waals surface area contributed by atoms with Crippen molar-refractivity contribution in [2.24, 2.45) is 0 Å². The standard InChI is InChI=1S/C16H17BrN2O/c1-10-8-12(6-7-14(10)17)16(20)19-9-13-4-3-5-15(18)11(13)2/h3-8H,9,18H2,1-2H3,(H,19,20). The van der Waals surface area contributed by atoms with E-state index >= 15 is 0 Å². The normalized spacial score (nSPS) is 10.3. The van der Waals surface area contributed by atoms with Gasteiger partial charge in [0, 0.05) is 22.3 Å². The molecule has 0 aliphatic heterocycles. The van der Waals surface area contributed by atoms with Gasteiger partial charge < -0.3 is 11.1 Å². The highest BCUT2D eigenvalue weighted by Crippen LogP contribution is 2.18. The predicted octanol–water partition coefficient (Wildman–Crippen LogP) is 3.58. The Labute approximate surface area is 127 Å². The predicted molar refractivity (Wildman–Crippen MR) is 85.6 cm³/mol. The first kappa shape index (κ1) is 14.6. The SMILES string of the molecule is Cc1cc(C(=O)NCc2cccc(N)c2C)ccc1Br. The second-order valence-electron chi connectivity index (χ2n) is 4.78. The molecule has 104 valence electrons. The Bertz CT molecular complexity index is 653. The molecule has 0 aromatic heterocycles. The van der Waals surface area contributed by atoms with Crippen molar-refractivity contribution in [3.8, 4) is 0 Å². The lowest BCUT2D eigenvalue weighted by Gasteiger charge is -2.10. The zero-order valence-electron chi connectivity index (χ0n) is 11.5. The van der Waals surface area contributed by atoms with Crippen LogP contribution < -0.4 is 11.1 Å². The monoisotopic (exact) mass is 332 g/mol. The number of carbonyl (C=O) groups is 1. The van der Waals surface area contributed by atoms with Gasteiger partial charge in [0.15, 0.2) is 0 Å². The number of hydrogen-bond acceptors (Lipinski definition) is 2. The molecule has 0 aliphatic rings. The maximum Gasteiger partial charge on any atom is 0.251 e. The van der Waals surface area contributed by atoms with Gasteiger partial charge in [0.05, 0.1) is 0 Å². The number of halogens is 1. The Kier molecular flexibility index (Phi) is 4.45. The number of carbonyl (C=O) groups excluding carboxylic acids is 1. The maximum absolute atomic E-state index is 12.1. The molecule has 0 bridgehead atoms. The third kappa shape index (κ3) is 3.20. The van der Waals surface area contributed by atoms with E-state index in [0.717, 1.165) is 26.9 Å². The molecule has 2 aromatic carbocycles. The number of benzene rings is 2. The molecule has 3 nitrogen and oxygen atoms in total. The Morgan fingerprint density at radius 2 is 2.00 bits per heavy atom. The van der Waals surface area contributed by atoms with Gasteiger partial charge in [0.1, 0.15) is 0 Å². The molecule has 3 N–H and O–H groups in total. The lowest BCUT2D eigenvalue weighted by Crippen LogP contribution is -2.23. The fourth-order valence-electron chi connectivity index (χ4n) is 1.96. The van der Waals surface area contributed by atoms with Crippen LogP contribution in [0.4, 0.5) is 5.69 Å². The number of nitrogens with two attached hydrogens (primary N) is 1. The first-order valence-electron chi connectivity index (χ1n) is 6.37. The van der Waals surface area contributed by atoms with Crippen LogP contribution in [0.5, 0.6) is 0 Å². The molecule has 0 aliphatic carbocycles. The molecule has 0 radical (unpaired) electrons. The van der Waals surface area contributed by atoms with Crippen LogP contribution in [0.3, 0.4) is 0 Å². The van der Waals surface area contributed by atoms with Crippen molar-refractivity contribution in [1.29, 1.82) is 0 Å². The van der Waals surface area contributed by atoms with E-state index in [1.165, 1.54) is 0 Å². The van der Waals surface area contributed by atoms with Crippen molar-refractivity contribution in [1.82, 2.24) is 5.32 Å². The summed E-state index contributed by atoms with van der Waals surface area (Å²) in [5.74, 6) is -0.0811. The number of hydrogen-bond donors (Lipinski definition) is 2. The molecule has 0 heterocycles. The van der Waals surface area contributed by atoms with Gasteiger partial charge in [-0.3, -0.25) is 4.79 Å². The zero-order valence-corrected chi connectivity index (χ0v) is 13.1. The number of nitrogens with one attached hydrogen (secondary N) is 1. The highest BCUT2D eigenvalue weighted by Gasteiger charge is 2.08. The molecule has 0 unspecified atom stereocenters. The molecule has 0 spiro atoms. The minimum atomic E-state index is -0.0811. The van der Waals surface area contributed by atoms with E-state index in [1.807, 2.05) is 44.2 Å². The molecule has 20 heavy (non-hydrogen) atoms. The van der Waals surface area contributed by atoms with Crippen molar-refractivity contribution in [3.05, 3.63) is 63.1 Å². The van der Waals surface area contributed by atoms with E-state index in [1.54, 1.807) is 6.07 Å². The minimum Gasteiger partial charge on any atom is -0.399 e. The number of amides is 1. The molecular formula is C16H17BrN2O. The molecule has 1 amide bonds. The van der Waals surface area contributed by atoms with Gasteiger partial charge in [-0.2, -0.15) is 0 Å². The van der Waals surface area contributed by atoms with Gasteiger partial charge in [-0.15, -0.1) is 0 Å². The van der Waals surface area contributed by atoms with E-state index in [2.05, 4.69) is 21.2 Å². The lowest BCUT2D eigenvalue weighted by molar-refractivity contribution is 0.0951. The fraction of sp³-hybridized carbons (Fsp3) is 0.188. The van der Waals surface area contributed by atoms with Crippen LogP contribution in [-0.4, -0.2) is 5.91 Å². The fourth-order valence-corrected chi connectivity index (χ4v) is 2.20. The Morgan fingerprint density at radius 1 is 1.25 bits per heavy atom. The number of nitrogen functional groups attached to an aromatic ring is 1.